The van der Waals surface area contributed by atoms with Crippen molar-refractivity contribution < 1.29 is 62.8 Å². The number of aliphatic hydroxyl groups excluding tert-OH is 1. The number of rotatable bonds is 0. The number of aliphatic hydroxyl groups is 1. The molecule has 1 unspecified atom stereocenters. The second kappa shape index (κ2) is 2.65. The summed E-state index contributed by atoms with van der Waals surface area (Å²) in [5.41, 5.74) is 2.15. The van der Waals surface area contributed by atoms with Gasteiger partial charge in [-0.15, -0.1) is 5.48 Å². The van der Waals surface area contributed by atoms with Gasteiger partial charge >= 0.3 is 51.4 Å². The van der Waals surface area contributed by atoms with Crippen molar-refractivity contribution >= 4 is 0 Å². The number of hydrogen-bond acceptors (Lipinski definition) is 3. The minimum atomic E-state index is -0.667. The Hall–Kier alpha value is 1.52. The number of hydroxylamine groups is 1. The Morgan fingerprint density at radius 2 is 2.20 bits per heavy atom. The maximum absolute atomic E-state index is 7.83. The van der Waals surface area contributed by atoms with Crippen LogP contribution in [-0.2, 0) is 4.84 Å². The molecule has 1 rings (SSSR count). The van der Waals surface area contributed by atoms with E-state index >= 15 is 0 Å². The van der Waals surface area contributed by atoms with E-state index in [1.54, 1.807) is 0 Å². The molecule has 0 aromatic carbocycles. The van der Waals surface area contributed by atoms with Crippen molar-refractivity contribution in [2.45, 2.75) is 6.41 Å². The standard InChI is InChI=1S/CH3NO2.K.H/c3-1-2-4-1;;/h1-3H;;/q;+1;-1. The summed E-state index contributed by atoms with van der Waals surface area (Å²) in [6, 6.07) is 0. The third-order valence-corrected chi connectivity index (χ3v) is 0.223. The van der Waals surface area contributed by atoms with Crippen molar-refractivity contribution in [1.29, 1.82) is 0 Å². The zero-order valence-electron chi connectivity index (χ0n) is 3.93. The molecule has 0 bridgehead atoms. The summed E-state index contributed by atoms with van der Waals surface area (Å²) in [6.45, 7) is 0. The zero-order valence-corrected chi connectivity index (χ0v) is 6.06. The van der Waals surface area contributed by atoms with Gasteiger partial charge in [0, 0.05) is 0 Å². The Labute approximate surface area is 73.6 Å². The summed E-state index contributed by atoms with van der Waals surface area (Å²) in [4.78, 5) is 4.01. The van der Waals surface area contributed by atoms with Crippen LogP contribution in [0.15, 0.2) is 0 Å². The molecule has 4 heteroatoms. The first-order valence-corrected chi connectivity index (χ1v) is 0.987. The number of hydrogen-bond donors (Lipinski definition) is 2. The predicted molar refractivity (Wildman–Crippen MR) is 11.3 cm³/mol. The summed E-state index contributed by atoms with van der Waals surface area (Å²) in [5.74, 6) is 0. The second-order valence-electron chi connectivity index (χ2n) is 0.588. The fourth-order valence-corrected chi connectivity index (χ4v) is 0.0304. The fraction of sp³-hybridized carbons (Fsp3) is 1.00. The van der Waals surface area contributed by atoms with E-state index in [9.17, 15) is 0 Å². The van der Waals surface area contributed by atoms with Crippen molar-refractivity contribution in [2.24, 2.45) is 0 Å². The monoisotopic (exact) mass is 101 g/mol. The molecule has 0 aromatic rings. The summed E-state index contributed by atoms with van der Waals surface area (Å²) in [6.07, 6.45) is -0.667. The molecule has 0 aromatic heterocycles. The van der Waals surface area contributed by atoms with E-state index < -0.39 is 6.41 Å². The van der Waals surface area contributed by atoms with E-state index in [0.717, 1.165) is 0 Å². The predicted octanol–water partition coefficient (Wildman–Crippen LogP) is -4.09. The third kappa shape index (κ3) is 3.34. The van der Waals surface area contributed by atoms with E-state index in [1.807, 2.05) is 0 Å². The minimum absolute atomic E-state index is 0. The maximum Gasteiger partial charge on any atom is 1.00 e. The topological polar surface area (TPSA) is 54.7 Å². The van der Waals surface area contributed by atoms with Crippen molar-refractivity contribution in [2.75, 3.05) is 0 Å². The van der Waals surface area contributed by atoms with Crippen molar-refractivity contribution in [1.82, 2.24) is 5.48 Å². The average Bonchev–Trinajstić information content (AvgIpc) is 1.75. The molecule has 1 heterocycles. The molecule has 26 valence electrons. The first-order valence-electron chi connectivity index (χ1n) is 0.987. The molecular weight excluding hydrogens is 97.1 g/mol. The van der Waals surface area contributed by atoms with Crippen LogP contribution in [0.4, 0.5) is 0 Å². The molecule has 0 radical (unpaired) electrons. The largest absolute Gasteiger partial charge is 1.00 e. The molecular formula is CH4KNO2. The summed E-state index contributed by atoms with van der Waals surface area (Å²) in [7, 11) is 0. The van der Waals surface area contributed by atoms with Crippen molar-refractivity contribution in [3.8, 4) is 0 Å². The normalized spacial score (nSPS) is 31.8. The van der Waals surface area contributed by atoms with Gasteiger partial charge in [0.1, 0.15) is 0 Å². The molecule has 1 atom stereocenters. The Morgan fingerprint density at radius 3 is 2.20 bits per heavy atom. The second-order valence-corrected chi connectivity index (χ2v) is 0.588. The molecule has 0 spiro atoms. The molecule has 1 saturated heterocycles. The molecule has 0 amide bonds. The van der Waals surface area contributed by atoms with Gasteiger partial charge in [0.25, 0.3) is 6.41 Å². The van der Waals surface area contributed by atoms with Crippen LogP contribution < -0.4 is 56.9 Å². The van der Waals surface area contributed by atoms with Crippen LogP contribution in [0.1, 0.15) is 1.43 Å². The Kier molecular flexibility index (Phi) is 3.45. The molecule has 2 N–H and O–H groups in total. The quantitative estimate of drug-likeness (QED) is 0.241. The Balaban J connectivity index is 0. The van der Waals surface area contributed by atoms with Crippen molar-refractivity contribution in [3.05, 3.63) is 0 Å². The van der Waals surface area contributed by atoms with Gasteiger partial charge < -0.3 is 6.53 Å². The van der Waals surface area contributed by atoms with Crippen LogP contribution in [0.25, 0.3) is 0 Å². The molecule has 0 aliphatic carbocycles. The van der Waals surface area contributed by atoms with Crippen LogP contribution in [0.3, 0.4) is 0 Å². The van der Waals surface area contributed by atoms with E-state index in [4.69, 9.17) is 5.11 Å². The maximum atomic E-state index is 7.83. The van der Waals surface area contributed by atoms with E-state index in [0.29, 0.717) is 0 Å². The first-order chi connectivity index (χ1) is 1.89. The third-order valence-electron chi connectivity index (χ3n) is 0.223. The van der Waals surface area contributed by atoms with Crippen molar-refractivity contribution in [3.63, 3.8) is 0 Å². The average molecular weight is 101 g/mol. The van der Waals surface area contributed by atoms with Gasteiger partial charge in [0.05, 0.1) is 0 Å². The van der Waals surface area contributed by atoms with E-state index in [1.165, 1.54) is 0 Å². The molecule has 1 aliphatic rings. The molecule has 0 saturated carbocycles. The SMILES string of the molecule is OC1NO1.[H-].[K+]. The first kappa shape index (κ1) is 6.52. The smallest absolute Gasteiger partial charge is 1.00 e. The van der Waals surface area contributed by atoms with Gasteiger partial charge in [-0.1, -0.05) is 0 Å². The summed E-state index contributed by atoms with van der Waals surface area (Å²) >= 11 is 0. The minimum Gasteiger partial charge on any atom is -1.00 e. The van der Waals surface area contributed by atoms with E-state index in [2.05, 4.69) is 10.3 Å². The molecule has 5 heavy (non-hydrogen) atoms. The Bertz CT molecular complexity index is 32.7. The number of nitrogens with one attached hydrogen (secondary N) is 1. The van der Waals surface area contributed by atoms with Gasteiger partial charge in [0.2, 0.25) is 0 Å². The van der Waals surface area contributed by atoms with Gasteiger partial charge in [-0.05, 0) is 0 Å². The van der Waals surface area contributed by atoms with E-state index in [-0.39, 0.29) is 52.8 Å². The van der Waals surface area contributed by atoms with Gasteiger partial charge in [-0.3, -0.25) is 0 Å². The summed E-state index contributed by atoms with van der Waals surface area (Å²) in [5, 5.41) is 7.83. The summed E-state index contributed by atoms with van der Waals surface area (Å²) < 4.78 is 0. The van der Waals surface area contributed by atoms with Crippen LogP contribution in [0.2, 0.25) is 0 Å². The Morgan fingerprint density at radius 1 is 2.00 bits per heavy atom. The van der Waals surface area contributed by atoms with Crippen LogP contribution in [-0.4, -0.2) is 11.5 Å². The van der Waals surface area contributed by atoms with Crippen LogP contribution in [0.5, 0.6) is 0 Å². The van der Waals surface area contributed by atoms with Crippen LogP contribution >= 0.6 is 0 Å². The van der Waals surface area contributed by atoms with Crippen LogP contribution in [0, 0.1) is 0 Å². The van der Waals surface area contributed by atoms with Gasteiger partial charge in [0.15, 0.2) is 0 Å². The molecule has 1 aliphatic heterocycles. The molecule has 3 nitrogen and oxygen atoms in total. The zero-order chi connectivity index (χ0) is 2.99. The van der Waals surface area contributed by atoms with Gasteiger partial charge in [-0.25, -0.2) is 4.84 Å². The molecule has 1 fully saturated rings. The fourth-order valence-electron chi connectivity index (χ4n) is 0.0304. The van der Waals surface area contributed by atoms with Gasteiger partial charge in [-0.2, -0.15) is 0 Å².